The Labute approximate surface area is 84.0 Å². The number of carbonyl (C=O) groups is 1. The number of hydrogen-bond donors (Lipinski definition) is 1. The summed E-state index contributed by atoms with van der Waals surface area (Å²) in [5.74, 6) is 0.287. The maximum absolute atomic E-state index is 11.7. The van der Waals surface area contributed by atoms with Gasteiger partial charge in [-0.25, -0.2) is 0 Å². The Balaban J connectivity index is 1.82. The first-order valence-electron chi connectivity index (χ1n) is 5.29. The van der Waals surface area contributed by atoms with Crippen molar-refractivity contribution >= 4 is 5.97 Å². The van der Waals surface area contributed by atoms with Gasteiger partial charge in [0.05, 0.1) is 13.2 Å². The van der Waals surface area contributed by atoms with Crippen LogP contribution >= 0.6 is 0 Å². The molecule has 4 heteroatoms. The van der Waals surface area contributed by atoms with Crippen LogP contribution in [0.25, 0.3) is 0 Å². The first kappa shape index (κ1) is 9.93. The largest absolute Gasteiger partial charge is 0.459 e. The third kappa shape index (κ3) is 2.07. The van der Waals surface area contributed by atoms with E-state index in [1.165, 1.54) is 0 Å². The molecular formula is C10H17NO3. The lowest BCUT2D eigenvalue weighted by molar-refractivity contribution is -0.152. The highest BCUT2D eigenvalue weighted by atomic mass is 16.6. The van der Waals surface area contributed by atoms with E-state index in [0.29, 0.717) is 19.1 Å². The van der Waals surface area contributed by atoms with E-state index in [1.54, 1.807) is 0 Å². The summed E-state index contributed by atoms with van der Waals surface area (Å²) in [6.45, 7) is 4.28. The molecule has 2 aliphatic heterocycles. The fourth-order valence-electron chi connectivity index (χ4n) is 1.99. The zero-order chi connectivity index (χ0) is 9.97. The minimum absolute atomic E-state index is 0.0166. The van der Waals surface area contributed by atoms with Crippen LogP contribution in [0.3, 0.4) is 0 Å². The molecule has 2 heterocycles. The van der Waals surface area contributed by atoms with Gasteiger partial charge in [-0.15, -0.1) is 0 Å². The van der Waals surface area contributed by atoms with Crippen molar-refractivity contribution in [1.82, 2.24) is 5.32 Å². The number of nitrogens with one attached hydrogen (secondary N) is 1. The van der Waals surface area contributed by atoms with Gasteiger partial charge in [0.2, 0.25) is 0 Å². The van der Waals surface area contributed by atoms with Crippen molar-refractivity contribution in [2.24, 2.45) is 5.92 Å². The van der Waals surface area contributed by atoms with Crippen molar-refractivity contribution in [2.45, 2.75) is 31.9 Å². The number of carbonyl (C=O) groups excluding carboxylic acids is 1. The van der Waals surface area contributed by atoms with Gasteiger partial charge in [-0.3, -0.25) is 4.79 Å². The molecule has 2 rings (SSSR count). The predicted octanol–water partition coefficient (Wildman–Crippen LogP) is 0.316. The fourth-order valence-corrected chi connectivity index (χ4v) is 1.99. The molecule has 1 N–H and O–H groups in total. The predicted molar refractivity (Wildman–Crippen MR) is 50.9 cm³/mol. The molecule has 2 saturated heterocycles. The molecule has 0 aromatic heterocycles. The minimum atomic E-state index is -0.106. The van der Waals surface area contributed by atoms with E-state index in [9.17, 15) is 4.79 Å². The molecule has 0 aromatic carbocycles. The Hall–Kier alpha value is -0.610. The van der Waals surface area contributed by atoms with Gasteiger partial charge in [0, 0.05) is 6.42 Å². The van der Waals surface area contributed by atoms with E-state index in [1.807, 2.05) is 0 Å². The van der Waals surface area contributed by atoms with E-state index < -0.39 is 0 Å². The molecule has 2 fully saturated rings. The monoisotopic (exact) mass is 199 g/mol. The minimum Gasteiger partial charge on any atom is -0.459 e. The third-order valence-corrected chi connectivity index (χ3v) is 2.96. The zero-order valence-electron chi connectivity index (χ0n) is 8.49. The summed E-state index contributed by atoms with van der Waals surface area (Å²) >= 11 is 0. The molecule has 3 atom stereocenters. The quantitative estimate of drug-likeness (QED) is 0.650. The summed E-state index contributed by atoms with van der Waals surface area (Å²) in [5, 5.41) is 3.16. The molecule has 0 aromatic rings. The van der Waals surface area contributed by atoms with Crippen molar-refractivity contribution in [3.8, 4) is 0 Å². The first-order valence-corrected chi connectivity index (χ1v) is 5.29. The van der Waals surface area contributed by atoms with Crippen molar-refractivity contribution in [3.63, 3.8) is 0 Å². The van der Waals surface area contributed by atoms with Gasteiger partial charge in [-0.05, 0) is 18.9 Å². The number of ether oxygens (including phenoxy) is 2. The summed E-state index contributed by atoms with van der Waals surface area (Å²) in [6, 6.07) is -0.101. The smallest absolute Gasteiger partial charge is 0.323 e. The van der Waals surface area contributed by atoms with Crippen LogP contribution in [0.15, 0.2) is 0 Å². The summed E-state index contributed by atoms with van der Waals surface area (Å²) in [5.41, 5.74) is 0. The molecule has 3 unspecified atom stereocenters. The molecule has 4 nitrogen and oxygen atoms in total. The highest BCUT2D eigenvalue weighted by molar-refractivity contribution is 5.76. The zero-order valence-corrected chi connectivity index (χ0v) is 8.49. The van der Waals surface area contributed by atoms with Crippen molar-refractivity contribution in [2.75, 3.05) is 19.8 Å². The summed E-state index contributed by atoms with van der Waals surface area (Å²) in [7, 11) is 0. The Morgan fingerprint density at radius 2 is 2.36 bits per heavy atom. The summed E-state index contributed by atoms with van der Waals surface area (Å²) in [4.78, 5) is 11.7. The topological polar surface area (TPSA) is 47.6 Å². The van der Waals surface area contributed by atoms with Crippen LogP contribution in [-0.2, 0) is 14.3 Å². The second-order valence-corrected chi connectivity index (χ2v) is 4.12. The van der Waals surface area contributed by atoms with Crippen LogP contribution in [0.2, 0.25) is 0 Å². The van der Waals surface area contributed by atoms with Gasteiger partial charge < -0.3 is 14.8 Å². The second kappa shape index (κ2) is 4.28. The molecule has 80 valence electrons. The van der Waals surface area contributed by atoms with Crippen LogP contribution in [0.5, 0.6) is 0 Å². The van der Waals surface area contributed by atoms with Crippen LogP contribution in [0.1, 0.15) is 19.8 Å². The highest BCUT2D eigenvalue weighted by Crippen LogP contribution is 2.17. The highest BCUT2D eigenvalue weighted by Gasteiger charge is 2.32. The van der Waals surface area contributed by atoms with E-state index in [4.69, 9.17) is 9.47 Å². The molecule has 0 aliphatic carbocycles. The van der Waals surface area contributed by atoms with Gasteiger partial charge in [-0.2, -0.15) is 0 Å². The average Bonchev–Trinajstić information content (AvgIpc) is 2.75. The number of rotatable bonds is 2. The Morgan fingerprint density at radius 3 is 2.93 bits per heavy atom. The third-order valence-electron chi connectivity index (χ3n) is 2.96. The molecule has 0 amide bonds. The van der Waals surface area contributed by atoms with Gasteiger partial charge in [0.25, 0.3) is 0 Å². The van der Waals surface area contributed by atoms with E-state index in [0.717, 1.165) is 19.4 Å². The van der Waals surface area contributed by atoms with Gasteiger partial charge in [0.15, 0.2) is 0 Å². The SMILES string of the molecule is CC1CCNC1C(=O)OC1CCOC1. The van der Waals surface area contributed by atoms with Crippen LogP contribution < -0.4 is 5.32 Å². The van der Waals surface area contributed by atoms with Gasteiger partial charge in [0.1, 0.15) is 12.1 Å². The average molecular weight is 199 g/mol. The van der Waals surface area contributed by atoms with Gasteiger partial charge >= 0.3 is 5.97 Å². The van der Waals surface area contributed by atoms with Crippen LogP contribution in [0, 0.1) is 5.92 Å². The van der Waals surface area contributed by atoms with Crippen molar-refractivity contribution in [3.05, 3.63) is 0 Å². The lowest BCUT2D eigenvalue weighted by Gasteiger charge is -2.17. The van der Waals surface area contributed by atoms with Crippen LogP contribution in [-0.4, -0.2) is 37.9 Å². The fraction of sp³-hybridized carbons (Fsp3) is 0.900. The first-order chi connectivity index (χ1) is 6.77. The maximum atomic E-state index is 11.7. The normalized spacial score (nSPS) is 37.4. The molecule has 0 bridgehead atoms. The maximum Gasteiger partial charge on any atom is 0.323 e. The van der Waals surface area contributed by atoms with Crippen molar-refractivity contribution in [1.29, 1.82) is 0 Å². The second-order valence-electron chi connectivity index (χ2n) is 4.12. The molecule has 0 saturated carbocycles. The standard InChI is InChI=1S/C10H17NO3/c1-7-2-4-11-9(7)10(12)14-8-3-5-13-6-8/h7-9,11H,2-6H2,1H3. The van der Waals surface area contributed by atoms with Crippen molar-refractivity contribution < 1.29 is 14.3 Å². The Kier molecular flexibility index (Phi) is 3.03. The molecule has 14 heavy (non-hydrogen) atoms. The lowest BCUT2D eigenvalue weighted by Crippen LogP contribution is -2.38. The number of hydrogen-bond acceptors (Lipinski definition) is 4. The van der Waals surface area contributed by atoms with E-state index in [2.05, 4.69) is 12.2 Å². The van der Waals surface area contributed by atoms with Crippen LogP contribution in [0.4, 0.5) is 0 Å². The molecular weight excluding hydrogens is 182 g/mol. The van der Waals surface area contributed by atoms with E-state index >= 15 is 0 Å². The Morgan fingerprint density at radius 1 is 1.50 bits per heavy atom. The number of esters is 1. The lowest BCUT2D eigenvalue weighted by atomic mass is 10.0. The summed E-state index contributed by atoms with van der Waals surface area (Å²) in [6.07, 6.45) is 1.88. The molecule has 0 spiro atoms. The van der Waals surface area contributed by atoms with Gasteiger partial charge in [-0.1, -0.05) is 6.92 Å². The van der Waals surface area contributed by atoms with E-state index in [-0.39, 0.29) is 18.1 Å². The molecule has 0 radical (unpaired) electrons. The summed E-state index contributed by atoms with van der Waals surface area (Å²) < 4.78 is 10.5. The Bertz CT molecular complexity index is 213. The molecule has 2 aliphatic rings.